The van der Waals surface area contributed by atoms with Crippen molar-refractivity contribution < 1.29 is 13.2 Å². The number of hydrogen-bond donors (Lipinski definition) is 1. The first kappa shape index (κ1) is 18.5. The minimum absolute atomic E-state index is 0.0455. The van der Waals surface area contributed by atoms with Gasteiger partial charge in [0.15, 0.2) is 0 Å². The lowest BCUT2D eigenvalue weighted by Crippen LogP contribution is -2.26. The van der Waals surface area contributed by atoms with Gasteiger partial charge in [0.25, 0.3) is 0 Å². The summed E-state index contributed by atoms with van der Waals surface area (Å²) in [5, 5.41) is 8.86. The molecule has 0 unspecified atom stereocenters. The Morgan fingerprint density at radius 2 is 1.97 bits per heavy atom. The fourth-order valence-electron chi connectivity index (χ4n) is 3.87. The molecule has 1 aromatic carbocycles. The molecular formula is C20H18F3N5S. The van der Waals surface area contributed by atoms with Gasteiger partial charge >= 0.3 is 6.18 Å². The van der Waals surface area contributed by atoms with Crippen LogP contribution >= 0.6 is 11.3 Å². The zero-order valence-corrected chi connectivity index (χ0v) is 16.4. The highest BCUT2D eigenvalue weighted by atomic mass is 32.1. The van der Waals surface area contributed by atoms with Gasteiger partial charge in [-0.3, -0.25) is 9.67 Å². The molecule has 0 bridgehead atoms. The third-order valence-corrected chi connectivity index (χ3v) is 6.48. The molecule has 0 atom stereocenters. The summed E-state index contributed by atoms with van der Waals surface area (Å²) in [6.07, 6.45) is 0.861. The highest BCUT2D eigenvalue weighted by Gasteiger charge is 2.34. The van der Waals surface area contributed by atoms with Crippen LogP contribution in [0.25, 0.3) is 32.4 Å². The molecule has 1 saturated heterocycles. The molecule has 1 N–H and O–H groups in total. The molecule has 1 aliphatic heterocycles. The average molecular weight is 417 g/mol. The van der Waals surface area contributed by atoms with Gasteiger partial charge in [0.2, 0.25) is 0 Å². The predicted molar refractivity (Wildman–Crippen MR) is 107 cm³/mol. The number of hydrogen-bond acceptors (Lipinski definition) is 5. The van der Waals surface area contributed by atoms with Crippen molar-refractivity contribution in [3.05, 3.63) is 41.2 Å². The average Bonchev–Trinajstić information content (AvgIpc) is 3.28. The van der Waals surface area contributed by atoms with Gasteiger partial charge in [0, 0.05) is 30.1 Å². The van der Waals surface area contributed by atoms with Gasteiger partial charge in [0.05, 0.1) is 32.7 Å². The summed E-state index contributed by atoms with van der Waals surface area (Å²) in [4.78, 5) is 9.13. The highest BCUT2D eigenvalue weighted by molar-refractivity contribution is 7.18. The van der Waals surface area contributed by atoms with E-state index in [1.807, 2.05) is 6.07 Å². The lowest BCUT2D eigenvalue weighted by molar-refractivity contribution is -0.136. The first-order valence-corrected chi connectivity index (χ1v) is 10.2. The number of benzene rings is 1. The fraction of sp³-hybridized carbons (Fsp3) is 0.350. The predicted octanol–water partition coefficient (Wildman–Crippen LogP) is 4.73. The number of piperidine rings is 1. The summed E-state index contributed by atoms with van der Waals surface area (Å²) in [7, 11) is 1.61. The molecule has 1 fully saturated rings. The third kappa shape index (κ3) is 3.38. The van der Waals surface area contributed by atoms with E-state index in [2.05, 4.69) is 15.4 Å². The zero-order valence-electron chi connectivity index (χ0n) is 15.6. The quantitative estimate of drug-likeness (QED) is 0.512. The van der Waals surface area contributed by atoms with Gasteiger partial charge in [-0.2, -0.15) is 18.3 Å². The first-order chi connectivity index (χ1) is 13.9. The van der Waals surface area contributed by atoms with E-state index in [1.165, 1.54) is 4.68 Å². The Kier molecular flexibility index (Phi) is 4.32. The molecule has 0 saturated carbocycles. The third-order valence-electron chi connectivity index (χ3n) is 5.30. The fourth-order valence-corrected chi connectivity index (χ4v) is 5.01. The number of halogens is 3. The van der Waals surface area contributed by atoms with Crippen molar-refractivity contribution in [1.29, 1.82) is 0 Å². The van der Waals surface area contributed by atoms with Crippen LogP contribution in [-0.2, 0) is 13.2 Å². The Bertz CT molecular complexity index is 1200. The van der Waals surface area contributed by atoms with E-state index in [0.29, 0.717) is 22.6 Å². The minimum atomic E-state index is -4.49. The molecule has 150 valence electrons. The largest absolute Gasteiger partial charge is 0.418 e. The van der Waals surface area contributed by atoms with Gasteiger partial charge in [-0.05, 0) is 44.1 Å². The smallest absolute Gasteiger partial charge is 0.317 e. The maximum absolute atomic E-state index is 13.6. The lowest BCUT2D eigenvalue weighted by atomic mass is 9.99. The van der Waals surface area contributed by atoms with E-state index >= 15 is 0 Å². The van der Waals surface area contributed by atoms with Gasteiger partial charge in [-0.25, -0.2) is 4.98 Å². The van der Waals surface area contributed by atoms with E-state index in [0.717, 1.165) is 47.2 Å². The molecule has 9 heteroatoms. The van der Waals surface area contributed by atoms with Crippen LogP contribution in [0.2, 0.25) is 0 Å². The maximum Gasteiger partial charge on any atom is 0.418 e. The summed E-state index contributed by atoms with van der Waals surface area (Å²) in [5.41, 5.74) is 0.944. The number of rotatable bonds is 2. The summed E-state index contributed by atoms with van der Waals surface area (Å²) < 4.78 is 43.2. The molecule has 0 spiro atoms. The minimum Gasteiger partial charge on any atom is -0.317 e. The van der Waals surface area contributed by atoms with Crippen LogP contribution in [0.15, 0.2) is 30.6 Å². The number of fused-ring (bicyclic) bond motifs is 2. The number of alkyl halides is 3. The van der Waals surface area contributed by atoms with E-state index in [-0.39, 0.29) is 5.52 Å². The second-order valence-corrected chi connectivity index (χ2v) is 8.44. The summed E-state index contributed by atoms with van der Waals surface area (Å²) >= 11 is 1.61. The van der Waals surface area contributed by atoms with Crippen LogP contribution in [0, 0.1) is 0 Å². The van der Waals surface area contributed by atoms with E-state index in [9.17, 15) is 13.2 Å². The Hall–Kier alpha value is -2.52. The number of aryl methyl sites for hydroxylation is 1. The highest BCUT2D eigenvalue weighted by Crippen LogP contribution is 2.38. The van der Waals surface area contributed by atoms with Crippen molar-refractivity contribution in [2.75, 3.05) is 13.1 Å². The molecular weight excluding hydrogens is 399 g/mol. The first-order valence-electron chi connectivity index (χ1n) is 9.40. The zero-order chi connectivity index (χ0) is 20.2. The van der Waals surface area contributed by atoms with Crippen molar-refractivity contribution in [1.82, 2.24) is 25.1 Å². The molecule has 1 aliphatic rings. The van der Waals surface area contributed by atoms with Crippen LogP contribution in [0.1, 0.15) is 29.3 Å². The van der Waals surface area contributed by atoms with Crippen molar-refractivity contribution in [2.45, 2.75) is 24.9 Å². The Morgan fingerprint density at radius 1 is 1.17 bits per heavy atom. The van der Waals surface area contributed by atoms with Crippen molar-refractivity contribution in [3.8, 4) is 11.3 Å². The monoisotopic (exact) mass is 417 g/mol. The van der Waals surface area contributed by atoms with Crippen molar-refractivity contribution in [3.63, 3.8) is 0 Å². The van der Waals surface area contributed by atoms with Crippen LogP contribution in [-0.4, -0.2) is 32.8 Å². The van der Waals surface area contributed by atoms with Crippen LogP contribution in [0.3, 0.4) is 0 Å². The summed E-state index contributed by atoms with van der Waals surface area (Å²) in [6.45, 7) is 1.96. The van der Waals surface area contributed by atoms with Crippen molar-refractivity contribution in [2.24, 2.45) is 7.05 Å². The van der Waals surface area contributed by atoms with Crippen molar-refractivity contribution >= 4 is 32.5 Å². The van der Waals surface area contributed by atoms with E-state index in [1.54, 1.807) is 36.8 Å². The summed E-state index contributed by atoms with van der Waals surface area (Å²) in [5.74, 6) is 0.431. The van der Waals surface area contributed by atoms with Crippen LogP contribution < -0.4 is 5.32 Å². The topological polar surface area (TPSA) is 55.6 Å². The molecule has 5 rings (SSSR count). The number of thiazole rings is 1. The number of pyridine rings is 1. The summed E-state index contributed by atoms with van der Waals surface area (Å²) in [6, 6.07) is 4.69. The molecule has 29 heavy (non-hydrogen) atoms. The number of nitrogens with zero attached hydrogens (tertiary/aromatic N) is 4. The number of nitrogens with one attached hydrogen (secondary N) is 1. The SMILES string of the molecule is Cn1cc2cc(-c3cc4sc(C5CCNCC5)nc4cn3)cc(C(F)(F)F)c2n1. The lowest BCUT2D eigenvalue weighted by Gasteiger charge is -2.20. The van der Waals surface area contributed by atoms with Gasteiger partial charge < -0.3 is 5.32 Å². The van der Waals surface area contributed by atoms with E-state index < -0.39 is 11.7 Å². The molecule has 0 amide bonds. The van der Waals surface area contributed by atoms with Crippen LogP contribution in [0.4, 0.5) is 13.2 Å². The van der Waals surface area contributed by atoms with Gasteiger partial charge in [0.1, 0.15) is 5.52 Å². The standard InChI is InChI=1S/C20H18F3N5S/c1-28-10-13-6-12(7-14(18(13)27-28)20(21,22)23)15-8-17-16(9-25-15)26-19(29-17)11-2-4-24-5-3-11/h6-11,24H,2-5H2,1H3. The molecule has 0 aliphatic carbocycles. The normalized spacial score (nSPS) is 16.1. The Labute approximate surface area is 168 Å². The second-order valence-electron chi connectivity index (χ2n) is 7.38. The molecule has 0 radical (unpaired) electrons. The van der Waals surface area contributed by atoms with E-state index in [4.69, 9.17) is 4.98 Å². The molecule has 4 heterocycles. The Balaban J connectivity index is 1.60. The maximum atomic E-state index is 13.6. The number of aromatic nitrogens is 4. The van der Waals surface area contributed by atoms with Gasteiger partial charge in [-0.1, -0.05) is 0 Å². The molecule has 3 aromatic heterocycles. The molecule has 4 aromatic rings. The Morgan fingerprint density at radius 3 is 2.72 bits per heavy atom. The van der Waals surface area contributed by atoms with Gasteiger partial charge in [-0.15, -0.1) is 11.3 Å². The molecule has 5 nitrogen and oxygen atoms in total. The van der Waals surface area contributed by atoms with Crippen LogP contribution in [0.5, 0.6) is 0 Å². The second kappa shape index (κ2) is 6.77.